The highest BCUT2D eigenvalue weighted by Crippen LogP contribution is 2.23. The molecule has 1 fully saturated rings. The molecular weight excluding hydrogens is 264 g/mol. The number of hydrogen-bond acceptors (Lipinski definition) is 3. The van der Waals surface area contributed by atoms with Gasteiger partial charge in [-0.25, -0.2) is 0 Å². The van der Waals surface area contributed by atoms with Crippen molar-refractivity contribution in [1.29, 1.82) is 0 Å². The average Bonchev–Trinajstić information content (AvgIpc) is 2.55. The summed E-state index contributed by atoms with van der Waals surface area (Å²) in [6, 6.07) is 8.02. The molecule has 2 N–H and O–H groups in total. The van der Waals surface area contributed by atoms with Gasteiger partial charge in [0.1, 0.15) is 5.75 Å². The molecule has 0 spiro atoms. The van der Waals surface area contributed by atoms with Gasteiger partial charge >= 0.3 is 0 Å². The molecule has 0 radical (unpaired) electrons. The van der Waals surface area contributed by atoms with Gasteiger partial charge in [-0.2, -0.15) is 0 Å². The molecule has 1 aromatic carbocycles. The third-order valence-corrected chi connectivity index (χ3v) is 4.22. The first-order valence-electron chi connectivity index (χ1n) is 7.96. The van der Waals surface area contributed by atoms with Crippen LogP contribution in [0, 0.1) is 0 Å². The Balaban J connectivity index is 1.93. The number of benzene rings is 1. The minimum Gasteiger partial charge on any atom is -0.483 e. The van der Waals surface area contributed by atoms with Crippen LogP contribution in [0.2, 0.25) is 0 Å². The lowest BCUT2D eigenvalue weighted by Crippen LogP contribution is -2.43. The molecule has 116 valence electrons. The molecule has 21 heavy (non-hydrogen) atoms. The predicted octanol–water partition coefficient (Wildman–Crippen LogP) is 2.71. The molecule has 0 aromatic heterocycles. The van der Waals surface area contributed by atoms with Crippen molar-refractivity contribution >= 4 is 5.91 Å². The van der Waals surface area contributed by atoms with E-state index >= 15 is 0 Å². The molecule has 0 saturated heterocycles. The largest absolute Gasteiger partial charge is 0.483 e. The van der Waals surface area contributed by atoms with Crippen molar-refractivity contribution in [3.63, 3.8) is 0 Å². The molecule has 0 aliphatic heterocycles. The van der Waals surface area contributed by atoms with Gasteiger partial charge in [-0.3, -0.25) is 4.79 Å². The van der Waals surface area contributed by atoms with Crippen molar-refractivity contribution in [3.05, 3.63) is 29.8 Å². The zero-order chi connectivity index (χ0) is 15.1. The number of rotatable bonds is 6. The first-order valence-corrected chi connectivity index (χ1v) is 7.96. The van der Waals surface area contributed by atoms with E-state index in [1.54, 1.807) is 0 Å². The third kappa shape index (κ3) is 4.21. The Labute approximate surface area is 127 Å². The number of nitrogens with two attached hydrogens (primary N) is 1. The van der Waals surface area contributed by atoms with Crippen LogP contribution in [0.25, 0.3) is 0 Å². The van der Waals surface area contributed by atoms with E-state index in [2.05, 4.69) is 0 Å². The fraction of sp³-hybridized carbons (Fsp3) is 0.588. The van der Waals surface area contributed by atoms with Crippen molar-refractivity contribution < 1.29 is 9.53 Å². The van der Waals surface area contributed by atoms with Crippen LogP contribution in [0.5, 0.6) is 5.75 Å². The van der Waals surface area contributed by atoms with Crippen molar-refractivity contribution in [2.75, 3.05) is 13.2 Å². The number of amides is 1. The molecule has 4 heteroatoms. The quantitative estimate of drug-likeness (QED) is 0.876. The van der Waals surface area contributed by atoms with Gasteiger partial charge in [0.25, 0.3) is 5.91 Å². The van der Waals surface area contributed by atoms with Gasteiger partial charge in [-0.15, -0.1) is 0 Å². The lowest BCUT2D eigenvalue weighted by molar-refractivity contribution is -0.136. The van der Waals surface area contributed by atoms with Gasteiger partial charge in [0.15, 0.2) is 6.61 Å². The summed E-state index contributed by atoms with van der Waals surface area (Å²) in [4.78, 5) is 14.4. The monoisotopic (exact) mass is 290 g/mol. The van der Waals surface area contributed by atoms with Gasteiger partial charge in [0.05, 0.1) is 0 Å². The number of carbonyl (C=O) groups is 1. The van der Waals surface area contributed by atoms with Crippen LogP contribution >= 0.6 is 0 Å². The van der Waals surface area contributed by atoms with Crippen LogP contribution in [-0.2, 0) is 11.3 Å². The van der Waals surface area contributed by atoms with E-state index in [0.29, 0.717) is 18.3 Å². The maximum atomic E-state index is 12.4. The lowest BCUT2D eigenvalue weighted by atomic mass is 9.94. The Morgan fingerprint density at radius 3 is 2.67 bits per heavy atom. The zero-order valence-corrected chi connectivity index (χ0v) is 12.9. The van der Waals surface area contributed by atoms with Gasteiger partial charge in [0.2, 0.25) is 0 Å². The maximum Gasteiger partial charge on any atom is 0.260 e. The third-order valence-electron chi connectivity index (χ3n) is 4.22. The molecule has 0 atom stereocenters. The number of likely N-dealkylation sites (N-methyl/N-ethyl adjacent to an activating group) is 1. The minimum absolute atomic E-state index is 0.0798. The van der Waals surface area contributed by atoms with Gasteiger partial charge in [0, 0.05) is 24.7 Å². The summed E-state index contributed by atoms with van der Waals surface area (Å²) >= 11 is 0. The molecule has 1 amide bonds. The Bertz CT molecular complexity index is 456. The van der Waals surface area contributed by atoms with E-state index in [9.17, 15) is 4.79 Å². The van der Waals surface area contributed by atoms with Gasteiger partial charge in [-0.1, -0.05) is 37.5 Å². The van der Waals surface area contributed by atoms with Crippen molar-refractivity contribution in [2.24, 2.45) is 5.73 Å². The number of para-hydroxylation sites is 1. The van der Waals surface area contributed by atoms with Gasteiger partial charge in [-0.05, 0) is 25.8 Å². The van der Waals surface area contributed by atoms with E-state index < -0.39 is 0 Å². The molecule has 0 heterocycles. The van der Waals surface area contributed by atoms with E-state index in [-0.39, 0.29) is 12.5 Å². The summed E-state index contributed by atoms with van der Waals surface area (Å²) in [5.41, 5.74) is 6.62. The molecule has 2 rings (SSSR count). The topological polar surface area (TPSA) is 55.6 Å². The zero-order valence-electron chi connectivity index (χ0n) is 12.9. The smallest absolute Gasteiger partial charge is 0.260 e. The molecule has 4 nitrogen and oxygen atoms in total. The highest BCUT2D eigenvalue weighted by Gasteiger charge is 2.24. The fourth-order valence-corrected chi connectivity index (χ4v) is 3.07. The number of hydrogen-bond donors (Lipinski definition) is 1. The van der Waals surface area contributed by atoms with Crippen molar-refractivity contribution in [3.8, 4) is 5.75 Å². The van der Waals surface area contributed by atoms with E-state index in [1.165, 1.54) is 19.3 Å². The molecule has 1 aliphatic carbocycles. The standard InChI is InChI=1S/C17H26N2O2/c1-2-19(15-9-4-3-5-10-15)17(20)13-21-16-11-7-6-8-14(16)12-18/h6-8,11,15H,2-5,9-10,12-13,18H2,1H3. The Kier molecular flexibility index (Phi) is 6.05. The summed E-state index contributed by atoms with van der Waals surface area (Å²) < 4.78 is 5.69. The Morgan fingerprint density at radius 1 is 1.29 bits per heavy atom. The molecule has 0 unspecified atom stereocenters. The summed E-state index contributed by atoms with van der Waals surface area (Å²) in [7, 11) is 0. The number of ether oxygens (including phenoxy) is 1. The Hall–Kier alpha value is -1.55. The second-order valence-electron chi connectivity index (χ2n) is 5.57. The van der Waals surface area contributed by atoms with Crippen LogP contribution in [0.3, 0.4) is 0 Å². The molecule has 1 saturated carbocycles. The van der Waals surface area contributed by atoms with E-state index in [0.717, 1.165) is 24.9 Å². The van der Waals surface area contributed by atoms with Crippen LogP contribution < -0.4 is 10.5 Å². The summed E-state index contributed by atoms with van der Waals surface area (Å²) in [6.45, 7) is 3.32. The predicted molar refractivity (Wildman–Crippen MR) is 84.1 cm³/mol. The average molecular weight is 290 g/mol. The summed E-state index contributed by atoms with van der Waals surface area (Å²) in [6.07, 6.45) is 6.00. The minimum atomic E-state index is 0.0798. The van der Waals surface area contributed by atoms with Crippen LogP contribution in [0.1, 0.15) is 44.6 Å². The summed E-state index contributed by atoms with van der Waals surface area (Å²) in [5, 5.41) is 0. The van der Waals surface area contributed by atoms with Crippen LogP contribution in [0.4, 0.5) is 0 Å². The van der Waals surface area contributed by atoms with Crippen LogP contribution in [0.15, 0.2) is 24.3 Å². The Morgan fingerprint density at radius 2 is 2.00 bits per heavy atom. The second-order valence-corrected chi connectivity index (χ2v) is 5.57. The van der Waals surface area contributed by atoms with E-state index in [4.69, 9.17) is 10.5 Å². The van der Waals surface area contributed by atoms with E-state index in [1.807, 2.05) is 36.1 Å². The molecular formula is C17H26N2O2. The lowest BCUT2D eigenvalue weighted by Gasteiger charge is -2.33. The van der Waals surface area contributed by atoms with Crippen molar-refractivity contribution in [1.82, 2.24) is 4.90 Å². The maximum absolute atomic E-state index is 12.4. The summed E-state index contributed by atoms with van der Waals surface area (Å²) in [5.74, 6) is 0.796. The molecule has 1 aliphatic rings. The fourth-order valence-electron chi connectivity index (χ4n) is 3.07. The number of carbonyl (C=O) groups excluding carboxylic acids is 1. The first-order chi connectivity index (χ1) is 10.3. The first kappa shape index (κ1) is 15.8. The number of nitrogens with zero attached hydrogens (tertiary/aromatic N) is 1. The second kappa shape index (κ2) is 8.03. The van der Waals surface area contributed by atoms with Crippen LogP contribution in [-0.4, -0.2) is 30.0 Å². The highest BCUT2D eigenvalue weighted by molar-refractivity contribution is 5.78. The SMILES string of the molecule is CCN(C(=O)COc1ccccc1CN)C1CCCCC1. The normalized spacial score (nSPS) is 15.7. The van der Waals surface area contributed by atoms with Gasteiger partial charge < -0.3 is 15.4 Å². The molecule has 1 aromatic rings. The highest BCUT2D eigenvalue weighted by atomic mass is 16.5. The van der Waals surface area contributed by atoms with Crippen molar-refractivity contribution in [2.45, 2.75) is 51.6 Å². The molecule has 0 bridgehead atoms.